The van der Waals surface area contributed by atoms with E-state index in [9.17, 15) is 9.59 Å². The van der Waals surface area contributed by atoms with Gasteiger partial charge in [0.2, 0.25) is 5.91 Å². The lowest BCUT2D eigenvalue weighted by molar-refractivity contribution is -0.140. The van der Waals surface area contributed by atoms with E-state index >= 15 is 0 Å². The van der Waals surface area contributed by atoms with Crippen LogP contribution in [0.3, 0.4) is 0 Å². The molecule has 0 saturated heterocycles. The van der Waals surface area contributed by atoms with Crippen LogP contribution in [0.2, 0.25) is 0 Å². The van der Waals surface area contributed by atoms with E-state index < -0.39 is 23.2 Å². The predicted molar refractivity (Wildman–Crippen MR) is 79.1 cm³/mol. The molecule has 4 nitrogen and oxygen atoms in total. The zero-order valence-electron chi connectivity index (χ0n) is 11.7. The molecule has 108 valence electrons. The number of carbonyl (C=O) groups excluding carboxylic acids is 1. The highest BCUT2D eigenvalue weighted by atomic mass is 79.9. The molecule has 1 fully saturated rings. The van der Waals surface area contributed by atoms with Gasteiger partial charge in [-0.05, 0) is 30.0 Å². The Morgan fingerprint density at radius 2 is 1.80 bits per heavy atom. The van der Waals surface area contributed by atoms with Crippen molar-refractivity contribution in [2.24, 2.45) is 17.3 Å². The van der Waals surface area contributed by atoms with Crippen molar-refractivity contribution in [1.82, 2.24) is 5.32 Å². The lowest BCUT2D eigenvalue weighted by Crippen LogP contribution is -2.29. The van der Waals surface area contributed by atoms with Crippen LogP contribution >= 0.6 is 15.9 Å². The Hall–Kier alpha value is -1.36. The number of nitrogens with one attached hydrogen (secondary N) is 1. The van der Waals surface area contributed by atoms with E-state index in [2.05, 4.69) is 21.2 Å². The van der Waals surface area contributed by atoms with E-state index in [0.717, 1.165) is 10.0 Å². The van der Waals surface area contributed by atoms with Crippen molar-refractivity contribution in [1.29, 1.82) is 0 Å². The molecule has 0 aliphatic heterocycles. The summed E-state index contributed by atoms with van der Waals surface area (Å²) in [7, 11) is 0. The molecule has 1 aromatic carbocycles. The van der Waals surface area contributed by atoms with Gasteiger partial charge in [-0.1, -0.05) is 41.9 Å². The standard InChI is InChI=1S/C15H18BrNO3/c1-8(9-4-6-10(16)7-5-9)17-13(18)11-12(14(19)20)15(11,2)3/h4-8,11-12H,1-3H3,(H,17,18)(H,19,20)/t8-,11+,12-/m0/s1. The second-order valence-corrected chi connectivity index (χ2v) is 6.81. The van der Waals surface area contributed by atoms with Gasteiger partial charge >= 0.3 is 5.97 Å². The number of carbonyl (C=O) groups is 2. The van der Waals surface area contributed by atoms with Crippen LogP contribution in [0.25, 0.3) is 0 Å². The maximum Gasteiger partial charge on any atom is 0.307 e. The molecule has 2 rings (SSSR count). The van der Waals surface area contributed by atoms with Crippen molar-refractivity contribution >= 4 is 27.8 Å². The van der Waals surface area contributed by atoms with Gasteiger partial charge in [-0.25, -0.2) is 0 Å². The van der Waals surface area contributed by atoms with Gasteiger partial charge in [-0.3, -0.25) is 9.59 Å². The third-order valence-corrected chi connectivity index (χ3v) is 4.63. The van der Waals surface area contributed by atoms with Crippen molar-refractivity contribution in [3.63, 3.8) is 0 Å². The SMILES string of the molecule is C[C@H](NC(=O)[C@H]1[C@@H](C(=O)O)C1(C)C)c1ccc(Br)cc1. The van der Waals surface area contributed by atoms with Crippen molar-refractivity contribution in [3.8, 4) is 0 Å². The second-order valence-electron chi connectivity index (χ2n) is 5.90. The van der Waals surface area contributed by atoms with Gasteiger partial charge in [0.15, 0.2) is 0 Å². The van der Waals surface area contributed by atoms with Crippen molar-refractivity contribution in [2.45, 2.75) is 26.8 Å². The molecule has 0 radical (unpaired) electrons. The molecular formula is C15H18BrNO3. The first-order chi connectivity index (χ1) is 9.25. The first kappa shape index (κ1) is 15.0. The normalized spacial score (nSPS) is 24.8. The highest BCUT2D eigenvalue weighted by Gasteiger charge is 2.65. The molecule has 0 spiro atoms. The van der Waals surface area contributed by atoms with E-state index in [0.29, 0.717) is 0 Å². The number of carboxylic acids is 1. The summed E-state index contributed by atoms with van der Waals surface area (Å²) in [6.07, 6.45) is 0. The maximum absolute atomic E-state index is 12.2. The zero-order chi connectivity index (χ0) is 15.1. The van der Waals surface area contributed by atoms with Gasteiger partial charge in [0.25, 0.3) is 0 Å². The Kier molecular flexibility index (Phi) is 3.91. The van der Waals surface area contributed by atoms with Crippen LogP contribution in [0.5, 0.6) is 0 Å². The van der Waals surface area contributed by atoms with E-state index in [4.69, 9.17) is 5.11 Å². The molecule has 20 heavy (non-hydrogen) atoms. The van der Waals surface area contributed by atoms with Crippen LogP contribution in [-0.2, 0) is 9.59 Å². The molecule has 0 bridgehead atoms. The number of amides is 1. The summed E-state index contributed by atoms with van der Waals surface area (Å²) in [5.41, 5.74) is 0.530. The van der Waals surface area contributed by atoms with Crippen LogP contribution in [0.4, 0.5) is 0 Å². The minimum absolute atomic E-state index is 0.138. The van der Waals surface area contributed by atoms with Crippen LogP contribution in [0, 0.1) is 17.3 Å². The lowest BCUT2D eigenvalue weighted by atomic mass is 10.1. The van der Waals surface area contributed by atoms with E-state index in [1.54, 1.807) is 0 Å². The number of benzene rings is 1. The molecule has 3 atom stereocenters. The highest BCUT2D eigenvalue weighted by molar-refractivity contribution is 9.10. The number of aliphatic carboxylic acids is 1. The topological polar surface area (TPSA) is 66.4 Å². The van der Waals surface area contributed by atoms with Crippen molar-refractivity contribution in [3.05, 3.63) is 34.3 Å². The number of hydrogen-bond acceptors (Lipinski definition) is 2. The minimum Gasteiger partial charge on any atom is -0.481 e. The largest absolute Gasteiger partial charge is 0.481 e. The Balaban J connectivity index is 2.02. The molecule has 2 N–H and O–H groups in total. The summed E-state index contributed by atoms with van der Waals surface area (Å²) in [6, 6.07) is 7.56. The molecule has 0 aromatic heterocycles. The van der Waals surface area contributed by atoms with Crippen LogP contribution < -0.4 is 5.32 Å². The van der Waals surface area contributed by atoms with E-state index in [1.807, 2.05) is 45.0 Å². The summed E-state index contributed by atoms with van der Waals surface area (Å²) in [5, 5.41) is 12.0. The summed E-state index contributed by atoms with van der Waals surface area (Å²) >= 11 is 3.36. The Morgan fingerprint density at radius 1 is 1.25 bits per heavy atom. The average molecular weight is 340 g/mol. The first-order valence-electron chi connectivity index (χ1n) is 6.53. The lowest BCUT2D eigenvalue weighted by Gasteiger charge is -2.15. The van der Waals surface area contributed by atoms with Gasteiger partial charge in [-0.2, -0.15) is 0 Å². The molecule has 0 unspecified atom stereocenters. The summed E-state index contributed by atoms with van der Waals surface area (Å²) in [4.78, 5) is 23.3. The summed E-state index contributed by atoms with van der Waals surface area (Å²) in [5.74, 6) is -2.11. The zero-order valence-corrected chi connectivity index (χ0v) is 13.3. The Bertz CT molecular complexity index is 539. The molecular weight excluding hydrogens is 322 g/mol. The number of halogens is 1. The van der Waals surface area contributed by atoms with Crippen LogP contribution in [0.1, 0.15) is 32.4 Å². The van der Waals surface area contributed by atoms with Crippen LogP contribution in [0.15, 0.2) is 28.7 Å². The Morgan fingerprint density at radius 3 is 2.25 bits per heavy atom. The van der Waals surface area contributed by atoms with Gasteiger partial charge < -0.3 is 10.4 Å². The number of hydrogen-bond donors (Lipinski definition) is 2. The van der Waals surface area contributed by atoms with E-state index in [-0.39, 0.29) is 11.9 Å². The molecule has 5 heteroatoms. The van der Waals surface area contributed by atoms with Gasteiger partial charge in [0.1, 0.15) is 0 Å². The van der Waals surface area contributed by atoms with Crippen molar-refractivity contribution in [2.75, 3.05) is 0 Å². The maximum atomic E-state index is 12.2. The quantitative estimate of drug-likeness (QED) is 0.886. The third-order valence-electron chi connectivity index (χ3n) is 4.10. The summed E-state index contributed by atoms with van der Waals surface area (Å²) < 4.78 is 0.981. The number of carboxylic acid groups (broad SMARTS) is 1. The molecule has 1 aliphatic rings. The molecule has 1 aliphatic carbocycles. The molecule has 1 aromatic rings. The summed E-state index contributed by atoms with van der Waals surface area (Å²) in [6.45, 7) is 5.53. The van der Waals surface area contributed by atoms with Gasteiger partial charge in [0.05, 0.1) is 17.9 Å². The van der Waals surface area contributed by atoms with Crippen molar-refractivity contribution < 1.29 is 14.7 Å². The fourth-order valence-corrected chi connectivity index (χ4v) is 2.99. The fraction of sp³-hybridized carbons (Fsp3) is 0.467. The average Bonchev–Trinajstić information content (AvgIpc) is 2.93. The molecule has 1 saturated carbocycles. The first-order valence-corrected chi connectivity index (χ1v) is 7.33. The Labute approximate surface area is 126 Å². The monoisotopic (exact) mass is 339 g/mol. The van der Waals surface area contributed by atoms with E-state index in [1.165, 1.54) is 0 Å². The van der Waals surface area contributed by atoms with Gasteiger partial charge in [-0.15, -0.1) is 0 Å². The smallest absolute Gasteiger partial charge is 0.307 e. The molecule has 1 amide bonds. The van der Waals surface area contributed by atoms with Crippen LogP contribution in [-0.4, -0.2) is 17.0 Å². The van der Waals surface area contributed by atoms with Gasteiger partial charge in [0, 0.05) is 4.47 Å². The predicted octanol–water partition coefficient (Wildman–Crippen LogP) is 2.98. The highest BCUT2D eigenvalue weighted by Crippen LogP contribution is 2.58. The minimum atomic E-state index is -0.897. The number of rotatable bonds is 4. The fourth-order valence-electron chi connectivity index (χ4n) is 2.73. The second kappa shape index (κ2) is 5.20. The third kappa shape index (κ3) is 2.73. The molecule has 0 heterocycles.